The summed E-state index contributed by atoms with van der Waals surface area (Å²) in [7, 11) is 0. The van der Waals surface area contributed by atoms with Gasteiger partial charge in [-0.15, -0.1) is 24.8 Å². The van der Waals surface area contributed by atoms with Gasteiger partial charge in [0.15, 0.2) is 0 Å². The number of hydrogen-bond donors (Lipinski definition) is 1. The van der Waals surface area contributed by atoms with Gasteiger partial charge >= 0.3 is 6.18 Å². The minimum atomic E-state index is -4.35. The molecule has 10 heavy (non-hydrogen) atoms. The molecule has 0 aliphatic carbocycles. The fourth-order valence-electron chi connectivity index (χ4n) is 0.243. The highest BCUT2D eigenvalue weighted by Gasteiger charge is 2.35. The summed E-state index contributed by atoms with van der Waals surface area (Å²) >= 11 is 0. The first-order valence-corrected chi connectivity index (χ1v) is 2.24. The monoisotopic (exact) mass is 173 g/mol. The van der Waals surface area contributed by atoms with Crippen LogP contribution in [0.5, 0.6) is 0 Å². The Balaban J connectivity index is 0. The summed E-state index contributed by atoms with van der Waals surface area (Å²) in [6.45, 7) is 0. The lowest BCUT2D eigenvalue weighted by atomic mass is 10.2. The Labute approximate surface area is 63.2 Å². The average Bonchev–Trinajstić information content (AvgIpc) is 1.64. The lowest BCUT2D eigenvalue weighted by Crippen LogP contribution is -2.36. The van der Waals surface area contributed by atoms with Crippen LogP contribution >= 0.6 is 12.4 Å². The second-order valence-electron chi connectivity index (χ2n) is 1.56. The molecule has 0 aliphatic heterocycles. The average molecular weight is 174 g/mol. The van der Waals surface area contributed by atoms with Crippen molar-refractivity contribution < 1.29 is 13.2 Å². The third-order valence-electron chi connectivity index (χ3n) is 0.758. The molecule has 0 rings (SSSR count). The van der Waals surface area contributed by atoms with Gasteiger partial charge in [-0.05, 0) is 0 Å². The molecule has 0 aromatic rings. The van der Waals surface area contributed by atoms with Crippen LogP contribution in [0.4, 0.5) is 13.2 Å². The standard InChI is InChI=1S/C5H6F3N.ClH/c1-2-3-4(9)5(6,7)8;/h1,4H,3,9H2;1H. The minimum absolute atomic E-state index is 0. The molecule has 0 saturated carbocycles. The molecule has 5 heteroatoms. The van der Waals surface area contributed by atoms with E-state index in [-0.39, 0.29) is 12.4 Å². The molecular weight excluding hydrogens is 167 g/mol. The van der Waals surface area contributed by atoms with Crippen molar-refractivity contribution in [3.63, 3.8) is 0 Å². The molecule has 0 radical (unpaired) electrons. The van der Waals surface area contributed by atoms with Crippen molar-refractivity contribution in [2.75, 3.05) is 0 Å². The van der Waals surface area contributed by atoms with Gasteiger partial charge in [0.2, 0.25) is 0 Å². The molecule has 0 saturated heterocycles. The van der Waals surface area contributed by atoms with Gasteiger partial charge in [-0.2, -0.15) is 13.2 Å². The van der Waals surface area contributed by atoms with Crippen LogP contribution in [0.3, 0.4) is 0 Å². The zero-order valence-corrected chi connectivity index (χ0v) is 5.80. The lowest BCUT2D eigenvalue weighted by Gasteiger charge is -2.11. The molecule has 60 valence electrons. The van der Waals surface area contributed by atoms with Crippen molar-refractivity contribution >= 4 is 12.4 Å². The van der Waals surface area contributed by atoms with Crippen molar-refractivity contribution in [2.45, 2.75) is 18.6 Å². The number of alkyl halides is 3. The summed E-state index contributed by atoms with van der Waals surface area (Å²) in [5.41, 5.74) is 4.59. The van der Waals surface area contributed by atoms with Gasteiger partial charge < -0.3 is 5.73 Å². The third-order valence-corrected chi connectivity index (χ3v) is 0.758. The number of hydrogen-bond acceptors (Lipinski definition) is 1. The van der Waals surface area contributed by atoms with E-state index in [9.17, 15) is 13.2 Å². The van der Waals surface area contributed by atoms with Gasteiger partial charge in [-0.3, -0.25) is 0 Å². The smallest absolute Gasteiger partial charge is 0.319 e. The first-order valence-electron chi connectivity index (χ1n) is 2.24. The molecule has 0 amide bonds. The molecule has 1 nitrogen and oxygen atoms in total. The summed E-state index contributed by atoms with van der Waals surface area (Å²) in [6.07, 6.45) is -0.214. The van der Waals surface area contributed by atoms with Crippen molar-refractivity contribution in [2.24, 2.45) is 5.73 Å². The van der Waals surface area contributed by atoms with Gasteiger partial charge in [-0.1, -0.05) is 0 Å². The molecule has 1 atom stereocenters. The van der Waals surface area contributed by atoms with E-state index in [1.807, 2.05) is 5.92 Å². The van der Waals surface area contributed by atoms with Gasteiger partial charge in [0, 0.05) is 6.42 Å². The predicted octanol–water partition coefficient (Wildman–Crippen LogP) is 1.32. The zero-order valence-electron chi connectivity index (χ0n) is 4.98. The van der Waals surface area contributed by atoms with Crippen LogP contribution in [-0.4, -0.2) is 12.2 Å². The first kappa shape index (κ1) is 12.3. The normalized spacial score (nSPS) is 13.1. The third kappa shape index (κ3) is 4.48. The molecule has 0 bridgehead atoms. The maximum Gasteiger partial charge on any atom is 0.404 e. The van der Waals surface area contributed by atoms with E-state index in [0.717, 1.165) is 0 Å². The van der Waals surface area contributed by atoms with Gasteiger partial charge in [0.05, 0.1) is 0 Å². The molecule has 0 aromatic heterocycles. The van der Waals surface area contributed by atoms with Crippen molar-refractivity contribution in [1.82, 2.24) is 0 Å². The summed E-state index contributed by atoms with van der Waals surface area (Å²) in [5.74, 6) is 1.83. The van der Waals surface area contributed by atoms with Crippen LogP contribution in [0.15, 0.2) is 0 Å². The van der Waals surface area contributed by atoms with E-state index >= 15 is 0 Å². The largest absolute Gasteiger partial charge is 0.404 e. The lowest BCUT2D eigenvalue weighted by molar-refractivity contribution is -0.146. The first-order chi connectivity index (χ1) is 3.98. The van der Waals surface area contributed by atoms with E-state index in [2.05, 4.69) is 12.2 Å². The minimum Gasteiger partial charge on any atom is -0.319 e. The highest BCUT2D eigenvalue weighted by Crippen LogP contribution is 2.19. The highest BCUT2D eigenvalue weighted by molar-refractivity contribution is 5.85. The van der Waals surface area contributed by atoms with Crippen LogP contribution in [0, 0.1) is 12.3 Å². The fourth-order valence-corrected chi connectivity index (χ4v) is 0.243. The van der Waals surface area contributed by atoms with Crippen molar-refractivity contribution in [3.05, 3.63) is 0 Å². The van der Waals surface area contributed by atoms with Gasteiger partial charge in [0.25, 0.3) is 0 Å². The Hall–Kier alpha value is -0.400. The Morgan fingerprint density at radius 1 is 1.50 bits per heavy atom. The number of halogens is 4. The molecule has 0 aliphatic rings. The molecule has 0 fully saturated rings. The summed E-state index contributed by atoms with van der Waals surface area (Å²) < 4.78 is 34.2. The SMILES string of the molecule is C#CCC(N)C(F)(F)F.Cl. The van der Waals surface area contributed by atoms with Crippen LogP contribution in [0.25, 0.3) is 0 Å². The number of terminal acetylenes is 1. The number of nitrogens with two attached hydrogens (primary N) is 1. The van der Waals surface area contributed by atoms with E-state index in [4.69, 9.17) is 0 Å². The summed E-state index contributed by atoms with van der Waals surface area (Å²) in [4.78, 5) is 0. The van der Waals surface area contributed by atoms with Crippen LogP contribution < -0.4 is 5.73 Å². The predicted molar refractivity (Wildman–Crippen MR) is 34.7 cm³/mol. The fraction of sp³-hybridized carbons (Fsp3) is 0.600. The highest BCUT2D eigenvalue weighted by atomic mass is 35.5. The van der Waals surface area contributed by atoms with Crippen LogP contribution in [0.1, 0.15) is 6.42 Å². The van der Waals surface area contributed by atoms with Gasteiger partial charge in [-0.25, -0.2) is 0 Å². The van der Waals surface area contributed by atoms with Crippen LogP contribution in [0.2, 0.25) is 0 Å². The molecule has 0 heterocycles. The topological polar surface area (TPSA) is 26.0 Å². The Bertz CT molecular complexity index is 126. The van der Waals surface area contributed by atoms with Crippen molar-refractivity contribution in [1.29, 1.82) is 0 Å². The maximum absolute atomic E-state index is 11.4. The Morgan fingerprint density at radius 3 is 2.00 bits per heavy atom. The molecule has 1 unspecified atom stereocenters. The molecular formula is C5H7ClF3N. The van der Waals surface area contributed by atoms with E-state index in [1.54, 1.807) is 0 Å². The summed E-state index contributed by atoms with van der Waals surface area (Å²) in [5, 5.41) is 0. The van der Waals surface area contributed by atoms with Crippen molar-refractivity contribution in [3.8, 4) is 12.3 Å². The summed E-state index contributed by atoms with van der Waals surface area (Å²) in [6, 6.07) is -1.87. The van der Waals surface area contributed by atoms with Gasteiger partial charge in [0.1, 0.15) is 6.04 Å². The van der Waals surface area contributed by atoms with Crippen LogP contribution in [-0.2, 0) is 0 Å². The molecule has 0 aromatic carbocycles. The quantitative estimate of drug-likeness (QED) is 0.595. The van der Waals surface area contributed by atoms with E-state index < -0.39 is 18.6 Å². The molecule has 2 N–H and O–H groups in total. The maximum atomic E-state index is 11.4. The Kier molecular flexibility index (Phi) is 5.43. The number of rotatable bonds is 1. The molecule has 0 spiro atoms. The zero-order chi connectivity index (χ0) is 7.49. The second kappa shape index (κ2) is 4.42. The van der Waals surface area contributed by atoms with E-state index in [0.29, 0.717) is 0 Å². The van der Waals surface area contributed by atoms with E-state index in [1.165, 1.54) is 0 Å². The second-order valence-corrected chi connectivity index (χ2v) is 1.56. The Morgan fingerprint density at radius 2 is 1.90 bits per heavy atom.